The molecule has 2 unspecified atom stereocenters. The van der Waals surface area contributed by atoms with Crippen molar-refractivity contribution < 1.29 is 9.59 Å². The zero-order valence-electron chi connectivity index (χ0n) is 16.7. The van der Waals surface area contributed by atoms with Crippen molar-refractivity contribution in [1.82, 2.24) is 15.5 Å². The first kappa shape index (κ1) is 20.7. The summed E-state index contributed by atoms with van der Waals surface area (Å²) in [6, 6.07) is 7.52. The van der Waals surface area contributed by atoms with Crippen LogP contribution in [0.5, 0.6) is 0 Å². The molecule has 0 bridgehead atoms. The molecule has 1 aliphatic heterocycles. The van der Waals surface area contributed by atoms with Gasteiger partial charge in [-0.2, -0.15) is 11.8 Å². The number of aliphatic imine (C=N–C) groups is 1. The molecule has 7 heteroatoms. The molecule has 2 atom stereocenters. The van der Waals surface area contributed by atoms with Gasteiger partial charge in [0.25, 0.3) is 11.8 Å². The van der Waals surface area contributed by atoms with Crippen molar-refractivity contribution in [3.8, 4) is 0 Å². The second-order valence-electron chi connectivity index (χ2n) is 7.38. The van der Waals surface area contributed by atoms with E-state index < -0.39 is 0 Å². The number of nitrogens with zero attached hydrogens (tertiary/aromatic N) is 2. The van der Waals surface area contributed by atoms with E-state index in [1.54, 1.807) is 31.3 Å². The zero-order valence-corrected chi connectivity index (χ0v) is 17.6. The lowest BCUT2D eigenvalue weighted by molar-refractivity contribution is 0.0652. The predicted octanol–water partition coefficient (Wildman–Crippen LogP) is 2.90. The van der Waals surface area contributed by atoms with Gasteiger partial charge in [-0.15, -0.1) is 0 Å². The van der Waals surface area contributed by atoms with Crippen LogP contribution in [0.2, 0.25) is 0 Å². The lowest BCUT2D eigenvalue weighted by atomic mass is 9.95. The molecule has 2 amide bonds. The van der Waals surface area contributed by atoms with Crippen LogP contribution in [0.15, 0.2) is 29.3 Å². The molecular formula is C21H30N4O2S. The fourth-order valence-electron chi connectivity index (χ4n) is 3.92. The van der Waals surface area contributed by atoms with Crippen LogP contribution in [0.3, 0.4) is 0 Å². The zero-order chi connectivity index (χ0) is 19.9. The second kappa shape index (κ2) is 9.96. The number of carbonyl (C=O) groups excluding carboxylic acids is 2. The summed E-state index contributed by atoms with van der Waals surface area (Å²) < 4.78 is 0. The minimum absolute atomic E-state index is 0.174. The Balaban J connectivity index is 1.37. The smallest absolute Gasteiger partial charge is 0.261 e. The molecule has 1 heterocycles. The van der Waals surface area contributed by atoms with E-state index in [0.29, 0.717) is 23.7 Å². The number of rotatable bonds is 7. The van der Waals surface area contributed by atoms with Crippen LogP contribution in [0.4, 0.5) is 0 Å². The number of hydrogen-bond donors (Lipinski definition) is 2. The van der Waals surface area contributed by atoms with Gasteiger partial charge in [0.15, 0.2) is 5.96 Å². The summed E-state index contributed by atoms with van der Waals surface area (Å²) >= 11 is 1.96. The molecule has 3 rings (SSSR count). The van der Waals surface area contributed by atoms with Crippen LogP contribution in [0, 0.1) is 0 Å². The highest BCUT2D eigenvalue weighted by atomic mass is 32.2. The number of amides is 2. The van der Waals surface area contributed by atoms with Crippen LogP contribution in [-0.4, -0.2) is 60.4 Å². The molecule has 0 saturated heterocycles. The normalized spacial score (nSPS) is 22.4. The molecule has 1 aromatic rings. The number of fused-ring (bicyclic) bond motifs is 1. The highest BCUT2D eigenvalue weighted by Gasteiger charge is 2.34. The molecule has 1 saturated carbocycles. The molecule has 0 radical (unpaired) electrons. The van der Waals surface area contributed by atoms with Gasteiger partial charge in [-0.1, -0.05) is 18.6 Å². The fraction of sp³-hybridized carbons (Fsp3) is 0.571. The molecule has 152 valence electrons. The molecule has 6 nitrogen and oxygen atoms in total. The van der Waals surface area contributed by atoms with Gasteiger partial charge in [0.1, 0.15) is 0 Å². The van der Waals surface area contributed by atoms with Crippen LogP contribution in [-0.2, 0) is 0 Å². The first-order valence-electron chi connectivity index (χ1n) is 10.1. The quantitative estimate of drug-likeness (QED) is 0.318. The van der Waals surface area contributed by atoms with Gasteiger partial charge in [-0.3, -0.25) is 19.5 Å². The maximum Gasteiger partial charge on any atom is 0.261 e. The molecule has 2 aliphatic rings. The Bertz CT molecular complexity index is 702. The van der Waals surface area contributed by atoms with Crippen molar-refractivity contribution in [2.75, 3.05) is 26.4 Å². The number of carbonyl (C=O) groups is 2. The minimum atomic E-state index is -0.174. The average Bonchev–Trinajstić information content (AvgIpc) is 2.97. The van der Waals surface area contributed by atoms with Gasteiger partial charge >= 0.3 is 0 Å². The number of hydrogen-bond acceptors (Lipinski definition) is 4. The molecule has 1 aliphatic carbocycles. The summed E-state index contributed by atoms with van der Waals surface area (Å²) in [5.74, 6) is 0.492. The van der Waals surface area contributed by atoms with E-state index in [9.17, 15) is 9.59 Å². The Kier molecular flexibility index (Phi) is 7.36. The largest absolute Gasteiger partial charge is 0.356 e. The Morgan fingerprint density at radius 2 is 1.89 bits per heavy atom. The van der Waals surface area contributed by atoms with Gasteiger partial charge in [0.2, 0.25) is 0 Å². The maximum absolute atomic E-state index is 12.4. The number of unbranched alkanes of at least 4 members (excludes halogenated alkanes) is 1. The molecule has 1 fully saturated rings. The van der Waals surface area contributed by atoms with Crippen molar-refractivity contribution in [3.63, 3.8) is 0 Å². The average molecular weight is 403 g/mol. The SMILES string of the molecule is CN=C(NCCCCN1C(=O)c2ccccc2C1=O)NC1CCCC(SC)C1. The van der Waals surface area contributed by atoms with Crippen molar-refractivity contribution in [2.24, 2.45) is 4.99 Å². The molecule has 28 heavy (non-hydrogen) atoms. The number of nitrogens with one attached hydrogen (secondary N) is 2. The monoisotopic (exact) mass is 402 g/mol. The summed E-state index contributed by atoms with van der Waals surface area (Å²) in [4.78, 5) is 30.4. The number of benzene rings is 1. The van der Waals surface area contributed by atoms with Crippen LogP contribution < -0.4 is 10.6 Å². The minimum Gasteiger partial charge on any atom is -0.356 e. The number of guanidine groups is 1. The summed E-state index contributed by atoms with van der Waals surface area (Å²) in [5.41, 5.74) is 1.04. The van der Waals surface area contributed by atoms with Crippen LogP contribution in [0.1, 0.15) is 59.2 Å². The predicted molar refractivity (Wildman–Crippen MR) is 115 cm³/mol. The molecule has 2 N–H and O–H groups in total. The molecule has 1 aromatic carbocycles. The number of imide groups is 1. The first-order valence-corrected chi connectivity index (χ1v) is 11.4. The van der Waals surface area contributed by atoms with Crippen molar-refractivity contribution >= 4 is 29.5 Å². The van der Waals surface area contributed by atoms with E-state index in [-0.39, 0.29) is 11.8 Å². The summed E-state index contributed by atoms with van der Waals surface area (Å²) in [5, 5.41) is 7.63. The third kappa shape index (κ3) is 4.87. The number of thioether (sulfide) groups is 1. The van der Waals surface area contributed by atoms with Crippen molar-refractivity contribution in [2.45, 2.75) is 49.8 Å². The standard InChI is InChI=1S/C21H30N4O2S/c1-22-21(24-15-8-7-9-16(14-15)28-2)23-12-5-6-13-25-19(26)17-10-3-4-11-18(17)20(25)27/h3-4,10-11,15-16H,5-9,12-14H2,1-2H3,(H2,22,23,24). The van der Waals surface area contributed by atoms with E-state index >= 15 is 0 Å². The third-order valence-corrected chi connectivity index (χ3v) is 6.60. The Labute approximate surface area is 171 Å². The second-order valence-corrected chi connectivity index (χ2v) is 8.52. The van der Waals surface area contributed by atoms with Gasteiger partial charge in [0.05, 0.1) is 11.1 Å². The Morgan fingerprint density at radius 3 is 2.54 bits per heavy atom. The van der Waals surface area contributed by atoms with E-state index in [0.717, 1.165) is 30.6 Å². The van der Waals surface area contributed by atoms with E-state index in [1.807, 2.05) is 11.8 Å². The lowest BCUT2D eigenvalue weighted by Crippen LogP contribution is -2.46. The molecule has 0 spiro atoms. The molecular weight excluding hydrogens is 372 g/mol. The van der Waals surface area contributed by atoms with Crippen molar-refractivity contribution in [1.29, 1.82) is 0 Å². The Morgan fingerprint density at radius 1 is 1.18 bits per heavy atom. The highest BCUT2D eigenvalue weighted by Crippen LogP contribution is 2.26. The fourth-order valence-corrected chi connectivity index (χ4v) is 4.75. The van der Waals surface area contributed by atoms with Crippen LogP contribution in [0.25, 0.3) is 0 Å². The Hall–Kier alpha value is -2.02. The van der Waals surface area contributed by atoms with Crippen molar-refractivity contribution in [3.05, 3.63) is 35.4 Å². The lowest BCUT2D eigenvalue weighted by Gasteiger charge is -2.29. The van der Waals surface area contributed by atoms with E-state index in [4.69, 9.17) is 0 Å². The molecule has 0 aromatic heterocycles. The maximum atomic E-state index is 12.4. The van der Waals surface area contributed by atoms with E-state index in [1.165, 1.54) is 30.6 Å². The van der Waals surface area contributed by atoms with Crippen LogP contribution >= 0.6 is 11.8 Å². The van der Waals surface area contributed by atoms with Gasteiger partial charge in [-0.05, 0) is 50.5 Å². The summed E-state index contributed by atoms with van der Waals surface area (Å²) in [6.07, 6.45) is 8.77. The highest BCUT2D eigenvalue weighted by molar-refractivity contribution is 7.99. The first-order chi connectivity index (χ1) is 13.6. The van der Waals surface area contributed by atoms with Gasteiger partial charge in [0, 0.05) is 31.4 Å². The van der Waals surface area contributed by atoms with E-state index in [2.05, 4.69) is 21.9 Å². The topological polar surface area (TPSA) is 73.8 Å². The summed E-state index contributed by atoms with van der Waals surface area (Å²) in [6.45, 7) is 1.22. The summed E-state index contributed by atoms with van der Waals surface area (Å²) in [7, 11) is 1.79. The van der Waals surface area contributed by atoms with Gasteiger partial charge in [-0.25, -0.2) is 0 Å². The van der Waals surface area contributed by atoms with Gasteiger partial charge < -0.3 is 10.6 Å². The third-order valence-electron chi connectivity index (χ3n) is 5.50.